The molecule has 3 nitrogen and oxygen atoms in total. The quantitative estimate of drug-likeness (QED) is 0.906. The third-order valence-corrected chi connectivity index (χ3v) is 3.32. The number of ether oxygens (including phenoxy) is 2. The molecule has 0 aliphatic heterocycles. The number of hydrogen-bond acceptors (Lipinski definition) is 3. The standard InChI is InChI=1S/C12H18BrNO2/c1-8(4-5-14)9-6-11(15-2)12(16-3)7-10(9)13/h6-8H,4-5,14H2,1-3H3. The van der Waals surface area contributed by atoms with Gasteiger partial charge in [-0.2, -0.15) is 0 Å². The van der Waals surface area contributed by atoms with Crippen LogP contribution in [0.15, 0.2) is 16.6 Å². The smallest absolute Gasteiger partial charge is 0.161 e. The topological polar surface area (TPSA) is 44.5 Å². The Balaban J connectivity index is 3.10. The lowest BCUT2D eigenvalue weighted by Crippen LogP contribution is -2.05. The summed E-state index contributed by atoms with van der Waals surface area (Å²) >= 11 is 3.55. The summed E-state index contributed by atoms with van der Waals surface area (Å²) in [6.45, 7) is 2.83. The van der Waals surface area contributed by atoms with Gasteiger partial charge in [0.05, 0.1) is 14.2 Å². The fraction of sp³-hybridized carbons (Fsp3) is 0.500. The molecule has 16 heavy (non-hydrogen) atoms. The van der Waals surface area contributed by atoms with Gasteiger partial charge in [-0.15, -0.1) is 0 Å². The van der Waals surface area contributed by atoms with E-state index in [1.54, 1.807) is 14.2 Å². The molecule has 0 saturated carbocycles. The predicted molar refractivity (Wildman–Crippen MR) is 69.3 cm³/mol. The van der Waals surface area contributed by atoms with Crippen molar-refractivity contribution in [2.45, 2.75) is 19.3 Å². The van der Waals surface area contributed by atoms with Crippen LogP contribution in [0.2, 0.25) is 0 Å². The van der Waals surface area contributed by atoms with Crippen molar-refractivity contribution in [3.05, 3.63) is 22.2 Å². The number of nitrogens with two attached hydrogens (primary N) is 1. The lowest BCUT2D eigenvalue weighted by molar-refractivity contribution is 0.354. The molecule has 0 aromatic heterocycles. The van der Waals surface area contributed by atoms with Crippen LogP contribution in [-0.2, 0) is 0 Å². The monoisotopic (exact) mass is 287 g/mol. The summed E-state index contributed by atoms with van der Waals surface area (Å²) < 4.78 is 11.5. The molecule has 2 N–H and O–H groups in total. The Bertz CT molecular complexity index is 355. The molecule has 0 aliphatic carbocycles. The van der Waals surface area contributed by atoms with Gasteiger partial charge in [0, 0.05) is 4.47 Å². The third-order valence-electron chi connectivity index (χ3n) is 2.63. The van der Waals surface area contributed by atoms with Crippen molar-refractivity contribution in [1.82, 2.24) is 0 Å². The molecule has 0 amide bonds. The van der Waals surface area contributed by atoms with E-state index in [2.05, 4.69) is 22.9 Å². The minimum absolute atomic E-state index is 0.402. The van der Waals surface area contributed by atoms with E-state index in [1.807, 2.05) is 12.1 Å². The molecule has 1 rings (SSSR count). The van der Waals surface area contributed by atoms with E-state index in [1.165, 1.54) is 5.56 Å². The largest absolute Gasteiger partial charge is 0.493 e. The minimum Gasteiger partial charge on any atom is -0.493 e. The van der Waals surface area contributed by atoms with Crippen molar-refractivity contribution < 1.29 is 9.47 Å². The van der Waals surface area contributed by atoms with Crippen molar-refractivity contribution >= 4 is 15.9 Å². The summed E-state index contributed by atoms with van der Waals surface area (Å²) in [6, 6.07) is 3.93. The number of halogens is 1. The molecular weight excluding hydrogens is 270 g/mol. The summed E-state index contributed by atoms with van der Waals surface area (Å²) in [5.74, 6) is 1.89. The molecule has 1 atom stereocenters. The molecule has 0 fully saturated rings. The summed E-state index contributed by atoms with van der Waals surface area (Å²) in [6.07, 6.45) is 0.952. The van der Waals surface area contributed by atoms with Gasteiger partial charge in [0.25, 0.3) is 0 Å². The van der Waals surface area contributed by atoms with Crippen LogP contribution < -0.4 is 15.2 Å². The molecule has 1 aromatic rings. The van der Waals surface area contributed by atoms with Crippen LogP contribution >= 0.6 is 15.9 Å². The van der Waals surface area contributed by atoms with E-state index in [4.69, 9.17) is 15.2 Å². The van der Waals surface area contributed by atoms with Gasteiger partial charge in [0.15, 0.2) is 11.5 Å². The van der Waals surface area contributed by atoms with Gasteiger partial charge in [0.2, 0.25) is 0 Å². The Morgan fingerprint density at radius 2 is 1.81 bits per heavy atom. The molecule has 0 spiro atoms. The highest BCUT2D eigenvalue weighted by atomic mass is 79.9. The van der Waals surface area contributed by atoms with Crippen LogP contribution in [0.1, 0.15) is 24.8 Å². The maximum absolute atomic E-state index is 5.57. The molecule has 0 radical (unpaired) electrons. The van der Waals surface area contributed by atoms with Crippen molar-refractivity contribution in [2.24, 2.45) is 5.73 Å². The highest BCUT2D eigenvalue weighted by Crippen LogP contribution is 2.37. The number of benzene rings is 1. The Hall–Kier alpha value is -0.740. The first-order valence-electron chi connectivity index (χ1n) is 5.25. The van der Waals surface area contributed by atoms with E-state index in [-0.39, 0.29) is 0 Å². The van der Waals surface area contributed by atoms with E-state index < -0.39 is 0 Å². The van der Waals surface area contributed by atoms with Crippen LogP contribution in [0.3, 0.4) is 0 Å². The maximum atomic E-state index is 5.57. The summed E-state index contributed by atoms with van der Waals surface area (Å²) in [5, 5.41) is 0. The van der Waals surface area contributed by atoms with Crippen LogP contribution in [-0.4, -0.2) is 20.8 Å². The van der Waals surface area contributed by atoms with Crippen molar-refractivity contribution in [2.75, 3.05) is 20.8 Å². The zero-order valence-electron chi connectivity index (χ0n) is 9.92. The van der Waals surface area contributed by atoms with Crippen molar-refractivity contribution in [3.63, 3.8) is 0 Å². The molecule has 90 valence electrons. The molecular formula is C12H18BrNO2. The fourth-order valence-electron chi connectivity index (χ4n) is 1.65. The first-order chi connectivity index (χ1) is 7.63. The highest BCUT2D eigenvalue weighted by molar-refractivity contribution is 9.10. The van der Waals surface area contributed by atoms with E-state index >= 15 is 0 Å². The van der Waals surface area contributed by atoms with Gasteiger partial charge in [-0.3, -0.25) is 0 Å². The maximum Gasteiger partial charge on any atom is 0.161 e. The van der Waals surface area contributed by atoms with Gasteiger partial charge in [-0.1, -0.05) is 22.9 Å². The second kappa shape index (κ2) is 6.11. The first-order valence-corrected chi connectivity index (χ1v) is 6.04. The van der Waals surface area contributed by atoms with Crippen LogP contribution in [0.4, 0.5) is 0 Å². The molecule has 0 heterocycles. The molecule has 0 saturated heterocycles. The normalized spacial score (nSPS) is 12.3. The zero-order chi connectivity index (χ0) is 12.1. The van der Waals surface area contributed by atoms with Crippen LogP contribution in [0, 0.1) is 0 Å². The number of rotatable bonds is 5. The zero-order valence-corrected chi connectivity index (χ0v) is 11.5. The first kappa shape index (κ1) is 13.3. The summed E-state index contributed by atoms with van der Waals surface area (Å²) in [7, 11) is 3.27. The Morgan fingerprint density at radius 3 is 2.31 bits per heavy atom. The molecule has 0 bridgehead atoms. The molecule has 1 unspecified atom stereocenters. The van der Waals surface area contributed by atoms with Gasteiger partial charge >= 0.3 is 0 Å². The van der Waals surface area contributed by atoms with Crippen LogP contribution in [0.25, 0.3) is 0 Å². The second-order valence-corrected chi connectivity index (χ2v) is 4.56. The lowest BCUT2D eigenvalue weighted by Gasteiger charge is -2.16. The molecule has 0 aliphatic rings. The van der Waals surface area contributed by atoms with E-state index in [9.17, 15) is 0 Å². The average Bonchev–Trinajstić information content (AvgIpc) is 2.28. The Labute approximate surface area is 105 Å². The summed E-state index contributed by atoms with van der Waals surface area (Å²) in [4.78, 5) is 0. The molecule has 1 aromatic carbocycles. The van der Waals surface area contributed by atoms with Gasteiger partial charge < -0.3 is 15.2 Å². The Morgan fingerprint density at radius 1 is 1.25 bits per heavy atom. The van der Waals surface area contributed by atoms with Crippen molar-refractivity contribution in [3.8, 4) is 11.5 Å². The van der Waals surface area contributed by atoms with E-state index in [0.717, 1.165) is 22.4 Å². The SMILES string of the molecule is COc1cc(Br)c(C(C)CCN)cc1OC. The summed E-state index contributed by atoms with van der Waals surface area (Å²) in [5.41, 5.74) is 6.77. The van der Waals surface area contributed by atoms with Crippen LogP contribution in [0.5, 0.6) is 11.5 Å². The van der Waals surface area contributed by atoms with E-state index in [0.29, 0.717) is 12.5 Å². The fourth-order valence-corrected chi connectivity index (χ4v) is 2.37. The minimum atomic E-state index is 0.402. The van der Waals surface area contributed by atoms with Gasteiger partial charge in [0.1, 0.15) is 0 Å². The van der Waals surface area contributed by atoms with Gasteiger partial charge in [-0.05, 0) is 36.6 Å². The Kier molecular flexibility index (Phi) is 5.09. The van der Waals surface area contributed by atoms with Crippen molar-refractivity contribution in [1.29, 1.82) is 0 Å². The predicted octanol–water partition coefficient (Wildman–Crippen LogP) is 2.92. The number of hydrogen-bond donors (Lipinski definition) is 1. The number of methoxy groups -OCH3 is 2. The van der Waals surface area contributed by atoms with Gasteiger partial charge in [-0.25, -0.2) is 0 Å². The highest BCUT2D eigenvalue weighted by Gasteiger charge is 2.14. The lowest BCUT2D eigenvalue weighted by atomic mass is 9.97. The molecule has 4 heteroatoms. The second-order valence-electron chi connectivity index (χ2n) is 3.71. The third kappa shape index (κ3) is 2.89. The average molecular weight is 288 g/mol.